The lowest BCUT2D eigenvalue weighted by molar-refractivity contribution is -0.0507. The van der Waals surface area contributed by atoms with Crippen LogP contribution in [-0.2, 0) is 0 Å². The van der Waals surface area contributed by atoms with Gasteiger partial charge in [-0.25, -0.2) is 9.50 Å². The van der Waals surface area contributed by atoms with Gasteiger partial charge in [0, 0.05) is 29.7 Å². The number of aromatic nitrogens is 3. The fraction of sp³-hybridized carbons (Fsp3) is 0.240. The molecule has 0 aliphatic carbocycles. The summed E-state index contributed by atoms with van der Waals surface area (Å²) < 4.78 is 32.4. The van der Waals surface area contributed by atoms with Crippen LogP contribution in [0, 0.1) is 0 Å². The molecule has 5 rings (SSSR count). The molecule has 1 aliphatic rings. The van der Waals surface area contributed by atoms with Crippen molar-refractivity contribution >= 4 is 11.4 Å². The topological polar surface area (TPSA) is 88.8 Å². The molecule has 4 aromatic rings. The molecule has 0 unspecified atom stereocenters. The van der Waals surface area contributed by atoms with E-state index in [9.17, 15) is 18.7 Å². The Hall–Kier alpha value is -3.69. The number of aliphatic hydroxyl groups excluding tert-OH is 1. The smallest absolute Gasteiger partial charge is 0.387 e. The molecule has 0 fully saturated rings. The highest BCUT2D eigenvalue weighted by atomic mass is 19.3. The van der Waals surface area contributed by atoms with Gasteiger partial charge in [-0.3, -0.25) is 4.79 Å². The Morgan fingerprint density at radius 3 is 2.68 bits per heavy atom. The van der Waals surface area contributed by atoms with Gasteiger partial charge in [0.15, 0.2) is 11.4 Å². The second-order valence-electron chi connectivity index (χ2n) is 8.00. The SMILES string of the molecule is CCC(=O)c1ccc(-c2ccc3nc4c(n3n2)[C@@H](c2ccccc2OC(F)F)NC[C@@H]4O)cc1. The number of β-amino-alcohol motifs (C(OH)–C–C–N with tert-alkyl or cyclic N) is 1. The van der Waals surface area contributed by atoms with Crippen molar-refractivity contribution in [3.8, 4) is 17.0 Å². The average Bonchev–Trinajstić information content (AvgIpc) is 3.24. The van der Waals surface area contributed by atoms with E-state index in [0.717, 1.165) is 5.56 Å². The summed E-state index contributed by atoms with van der Waals surface area (Å²) in [5.41, 5.74) is 4.08. The van der Waals surface area contributed by atoms with Gasteiger partial charge in [-0.1, -0.05) is 49.4 Å². The van der Waals surface area contributed by atoms with E-state index in [2.05, 4.69) is 10.3 Å². The Morgan fingerprint density at radius 1 is 1.18 bits per heavy atom. The number of Topliss-reactive ketones (excluding diaryl/α,β-unsaturated/α-hetero) is 1. The molecular weight excluding hydrogens is 442 g/mol. The molecule has 0 saturated heterocycles. The zero-order valence-electron chi connectivity index (χ0n) is 18.3. The van der Waals surface area contributed by atoms with Crippen LogP contribution in [0.4, 0.5) is 8.78 Å². The van der Waals surface area contributed by atoms with Crippen LogP contribution >= 0.6 is 0 Å². The molecule has 2 aromatic carbocycles. The zero-order valence-corrected chi connectivity index (χ0v) is 18.3. The molecule has 1 aliphatic heterocycles. The van der Waals surface area contributed by atoms with E-state index in [1.807, 2.05) is 25.1 Å². The summed E-state index contributed by atoms with van der Waals surface area (Å²) in [6.45, 7) is -0.953. The highest BCUT2D eigenvalue weighted by Crippen LogP contribution is 2.37. The number of ketones is 1. The van der Waals surface area contributed by atoms with Crippen molar-refractivity contribution in [2.75, 3.05) is 6.54 Å². The van der Waals surface area contributed by atoms with Gasteiger partial charge in [0.25, 0.3) is 0 Å². The second kappa shape index (κ2) is 8.92. The molecule has 9 heteroatoms. The number of carbonyl (C=O) groups excluding carboxylic acids is 1. The molecule has 0 saturated carbocycles. The number of halogens is 2. The van der Waals surface area contributed by atoms with E-state index in [0.29, 0.717) is 40.3 Å². The molecule has 3 heterocycles. The lowest BCUT2D eigenvalue weighted by Gasteiger charge is -2.28. The van der Waals surface area contributed by atoms with Crippen molar-refractivity contribution in [2.45, 2.75) is 32.1 Å². The van der Waals surface area contributed by atoms with Gasteiger partial charge in [0.1, 0.15) is 11.9 Å². The van der Waals surface area contributed by atoms with Gasteiger partial charge >= 0.3 is 6.61 Å². The molecule has 0 spiro atoms. The van der Waals surface area contributed by atoms with Gasteiger partial charge < -0.3 is 15.2 Å². The maximum atomic E-state index is 13.0. The van der Waals surface area contributed by atoms with Crippen LogP contribution in [0.25, 0.3) is 16.9 Å². The van der Waals surface area contributed by atoms with Crippen LogP contribution < -0.4 is 10.1 Å². The predicted molar refractivity (Wildman–Crippen MR) is 121 cm³/mol. The second-order valence-corrected chi connectivity index (χ2v) is 8.00. The fourth-order valence-electron chi connectivity index (χ4n) is 4.27. The minimum atomic E-state index is -2.97. The third-order valence-electron chi connectivity index (χ3n) is 5.91. The Balaban J connectivity index is 1.62. The van der Waals surface area contributed by atoms with Crippen LogP contribution in [-0.4, -0.2) is 38.6 Å². The quantitative estimate of drug-likeness (QED) is 0.413. The minimum Gasteiger partial charge on any atom is -0.434 e. The van der Waals surface area contributed by atoms with Crippen molar-refractivity contribution in [1.29, 1.82) is 0 Å². The number of para-hydroxylation sites is 1. The Labute approximate surface area is 194 Å². The molecule has 34 heavy (non-hydrogen) atoms. The largest absolute Gasteiger partial charge is 0.434 e. The number of carbonyl (C=O) groups is 1. The average molecular weight is 464 g/mol. The van der Waals surface area contributed by atoms with Crippen molar-refractivity contribution < 1.29 is 23.4 Å². The van der Waals surface area contributed by atoms with Crippen molar-refractivity contribution in [2.24, 2.45) is 0 Å². The lowest BCUT2D eigenvalue weighted by atomic mass is 9.96. The van der Waals surface area contributed by atoms with Crippen LogP contribution in [0.2, 0.25) is 0 Å². The summed E-state index contributed by atoms with van der Waals surface area (Å²) in [4.78, 5) is 16.5. The molecule has 0 radical (unpaired) electrons. The number of fused-ring (bicyclic) bond motifs is 3. The van der Waals surface area contributed by atoms with Crippen molar-refractivity contribution in [1.82, 2.24) is 19.9 Å². The molecular formula is C25H22F2N4O3. The van der Waals surface area contributed by atoms with Crippen molar-refractivity contribution in [3.05, 3.63) is 83.2 Å². The maximum absolute atomic E-state index is 13.0. The standard InChI is InChI=1S/C25H22F2N4O3/c1-2-18(32)15-9-7-14(8-10-15)17-11-12-21-29-23-19(33)13-28-22(24(23)31(21)30-17)16-5-3-4-6-20(16)34-25(26)27/h3-12,19,22,25,28,33H,2,13H2,1H3/t19-,22+/m0/s1. The molecule has 7 nitrogen and oxygen atoms in total. The van der Waals surface area contributed by atoms with Gasteiger partial charge in [0.05, 0.1) is 23.1 Å². The Morgan fingerprint density at radius 2 is 1.94 bits per heavy atom. The summed E-state index contributed by atoms with van der Waals surface area (Å²) in [7, 11) is 0. The third-order valence-corrected chi connectivity index (χ3v) is 5.91. The van der Waals surface area contributed by atoms with E-state index < -0.39 is 18.8 Å². The zero-order chi connectivity index (χ0) is 23.8. The summed E-state index contributed by atoms with van der Waals surface area (Å²) in [5.74, 6) is 0.103. The highest BCUT2D eigenvalue weighted by molar-refractivity contribution is 5.96. The van der Waals surface area contributed by atoms with Crippen LogP contribution in [0.5, 0.6) is 5.75 Å². The minimum absolute atomic E-state index is 0.0413. The van der Waals surface area contributed by atoms with Crippen LogP contribution in [0.15, 0.2) is 60.7 Å². The number of alkyl halides is 2. The van der Waals surface area contributed by atoms with E-state index in [1.165, 1.54) is 6.07 Å². The normalized spacial score (nSPS) is 17.7. The van der Waals surface area contributed by atoms with E-state index in [1.54, 1.807) is 40.9 Å². The number of ether oxygens (including phenoxy) is 1. The first-order valence-electron chi connectivity index (χ1n) is 10.9. The van der Waals surface area contributed by atoms with Gasteiger partial charge in [-0.05, 0) is 18.2 Å². The number of aliphatic hydroxyl groups is 1. The first kappa shape index (κ1) is 22.1. The summed E-state index contributed by atoms with van der Waals surface area (Å²) >= 11 is 0. The first-order valence-corrected chi connectivity index (χ1v) is 10.9. The van der Waals surface area contributed by atoms with Crippen molar-refractivity contribution in [3.63, 3.8) is 0 Å². The molecule has 2 atom stereocenters. The van der Waals surface area contributed by atoms with Crippen LogP contribution in [0.1, 0.15) is 52.8 Å². The third kappa shape index (κ3) is 3.93. The van der Waals surface area contributed by atoms with Gasteiger partial charge in [-0.2, -0.15) is 13.9 Å². The number of rotatable bonds is 6. The number of benzene rings is 2. The fourth-order valence-corrected chi connectivity index (χ4v) is 4.27. The molecule has 174 valence electrons. The predicted octanol–water partition coefficient (Wildman–Crippen LogP) is 4.32. The summed E-state index contributed by atoms with van der Waals surface area (Å²) in [5, 5.41) is 18.5. The van der Waals surface area contributed by atoms with E-state index in [4.69, 9.17) is 9.84 Å². The molecule has 0 bridgehead atoms. The van der Waals surface area contributed by atoms with E-state index >= 15 is 0 Å². The van der Waals surface area contributed by atoms with E-state index in [-0.39, 0.29) is 18.1 Å². The molecule has 2 aromatic heterocycles. The number of nitrogens with one attached hydrogen (secondary N) is 1. The molecule has 0 amide bonds. The Bertz CT molecular complexity index is 1350. The molecule has 2 N–H and O–H groups in total. The van der Waals surface area contributed by atoms with Gasteiger partial charge in [-0.15, -0.1) is 0 Å². The number of hydrogen-bond donors (Lipinski definition) is 2. The van der Waals surface area contributed by atoms with Gasteiger partial charge in [0.2, 0.25) is 0 Å². The van der Waals surface area contributed by atoms with Crippen LogP contribution in [0.3, 0.4) is 0 Å². The highest BCUT2D eigenvalue weighted by Gasteiger charge is 2.34. The number of nitrogens with zero attached hydrogens (tertiary/aromatic N) is 3. The Kier molecular flexibility index (Phi) is 5.80. The lowest BCUT2D eigenvalue weighted by Crippen LogP contribution is -2.35. The monoisotopic (exact) mass is 464 g/mol. The maximum Gasteiger partial charge on any atom is 0.387 e. The number of imidazole rings is 1. The first-order chi connectivity index (χ1) is 16.5. The number of hydrogen-bond acceptors (Lipinski definition) is 6. The summed E-state index contributed by atoms with van der Waals surface area (Å²) in [6.07, 6.45) is -0.447. The summed E-state index contributed by atoms with van der Waals surface area (Å²) in [6, 6.07) is 16.8.